The summed E-state index contributed by atoms with van der Waals surface area (Å²) in [5, 5.41) is 9.25. The highest BCUT2D eigenvalue weighted by atomic mass is 16.1. The van der Waals surface area contributed by atoms with Crippen molar-refractivity contribution >= 4 is 5.91 Å². The first-order valence-electron chi connectivity index (χ1n) is 5.65. The molecule has 2 unspecified atom stereocenters. The predicted octanol–water partition coefficient (Wildman–Crippen LogP) is -0.0616. The number of nitrogens with one attached hydrogen (secondary N) is 2. The highest BCUT2D eigenvalue weighted by Gasteiger charge is 2.27. The number of carbonyl (C=O) groups is 1. The number of rotatable bonds is 3. The van der Waals surface area contributed by atoms with Gasteiger partial charge in [0, 0.05) is 6.04 Å². The molecule has 0 radical (unpaired) electrons. The van der Waals surface area contributed by atoms with Crippen LogP contribution in [0.1, 0.15) is 31.5 Å². The average molecular weight is 223 g/mol. The zero-order valence-electron chi connectivity index (χ0n) is 9.15. The Labute approximate surface area is 94.0 Å². The summed E-state index contributed by atoms with van der Waals surface area (Å²) in [6.45, 7) is 0.391. The van der Waals surface area contributed by atoms with Crippen LogP contribution in [0.3, 0.4) is 0 Å². The zero-order chi connectivity index (χ0) is 11.4. The molecular formula is C10H17N5O. The Balaban J connectivity index is 1.83. The quantitative estimate of drug-likeness (QED) is 0.668. The van der Waals surface area contributed by atoms with Gasteiger partial charge < -0.3 is 11.1 Å². The molecule has 2 atom stereocenters. The fourth-order valence-corrected chi connectivity index (χ4v) is 2.10. The van der Waals surface area contributed by atoms with Crippen LogP contribution in [-0.4, -0.2) is 27.1 Å². The zero-order valence-corrected chi connectivity index (χ0v) is 9.15. The van der Waals surface area contributed by atoms with E-state index in [-0.39, 0.29) is 17.9 Å². The van der Waals surface area contributed by atoms with Gasteiger partial charge >= 0.3 is 0 Å². The van der Waals surface area contributed by atoms with Gasteiger partial charge in [0.1, 0.15) is 12.2 Å². The van der Waals surface area contributed by atoms with Crippen molar-refractivity contribution in [2.75, 3.05) is 0 Å². The number of nitrogens with zero attached hydrogens (tertiary/aromatic N) is 2. The van der Waals surface area contributed by atoms with E-state index in [0.717, 1.165) is 25.7 Å². The van der Waals surface area contributed by atoms with Crippen molar-refractivity contribution in [3.8, 4) is 0 Å². The minimum Gasteiger partial charge on any atom is -0.349 e. The van der Waals surface area contributed by atoms with Gasteiger partial charge in [0.15, 0.2) is 0 Å². The molecule has 0 aromatic carbocycles. The van der Waals surface area contributed by atoms with Crippen molar-refractivity contribution in [3.63, 3.8) is 0 Å². The molecule has 6 nitrogen and oxygen atoms in total. The lowest BCUT2D eigenvalue weighted by Gasteiger charge is -2.27. The topological polar surface area (TPSA) is 96.7 Å². The summed E-state index contributed by atoms with van der Waals surface area (Å²) in [4.78, 5) is 15.8. The van der Waals surface area contributed by atoms with Gasteiger partial charge in [0.25, 0.3) is 0 Å². The average Bonchev–Trinajstić information content (AvgIpc) is 2.79. The lowest BCUT2D eigenvalue weighted by Crippen LogP contribution is -2.43. The largest absolute Gasteiger partial charge is 0.349 e. The van der Waals surface area contributed by atoms with Crippen molar-refractivity contribution in [2.45, 2.75) is 38.3 Å². The van der Waals surface area contributed by atoms with E-state index in [9.17, 15) is 4.79 Å². The van der Waals surface area contributed by atoms with E-state index in [0.29, 0.717) is 12.4 Å². The Hall–Kier alpha value is -1.43. The van der Waals surface area contributed by atoms with Crippen LogP contribution in [0.15, 0.2) is 6.33 Å². The normalized spacial score (nSPS) is 25.3. The molecule has 1 heterocycles. The molecule has 1 aromatic rings. The molecule has 1 aromatic heterocycles. The van der Waals surface area contributed by atoms with Gasteiger partial charge in [-0.2, -0.15) is 5.10 Å². The molecule has 16 heavy (non-hydrogen) atoms. The summed E-state index contributed by atoms with van der Waals surface area (Å²) in [7, 11) is 0. The minimum absolute atomic E-state index is 0.00322. The number of amides is 1. The molecule has 88 valence electrons. The third-order valence-electron chi connectivity index (χ3n) is 3.05. The number of hydrogen-bond donors (Lipinski definition) is 3. The minimum atomic E-state index is -0.0447. The highest BCUT2D eigenvalue weighted by molar-refractivity contribution is 5.79. The van der Waals surface area contributed by atoms with E-state index in [1.165, 1.54) is 6.33 Å². The van der Waals surface area contributed by atoms with Gasteiger partial charge in [0.05, 0.1) is 12.5 Å². The summed E-state index contributed by atoms with van der Waals surface area (Å²) in [6, 6.07) is 0.00322. The van der Waals surface area contributed by atoms with Gasteiger partial charge in [-0.05, 0) is 12.8 Å². The second kappa shape index (κ2) is 5.07. The van der Waals surface area contributed by atoms with Gasteiger partial charge in [-0.25, -0.2) is 4.98 Å². The van der Waals surface area contributed by atoms with E-state index in [4.69, 9.17) is 5.73 Å². The maximum Gasteiger partial charge on any atom is 0.225 e. The maximum atomic E-state index is 11.9. The van der Waals surface area contributed by atoms with Crippen LogP contribution in [0.5, 0.6) is 0 Å². The van der Waals surface area contributed by atoms with Gasteiger partial charge in [-0.15, -0.1) is 0 Å². The smallest absolute Gasteiger partial charge is 0.225 e. The number of carbonyl (C=O) groups excluding carboxylic acids is 1. The molecule has 1 aliphatic carbocycles. The standard InChI is InChI=1S/C10H17N5O/c11-8-4-2-1-3-7(8)10(16)12-5-9-13-6-14-15-9/h6-8H,1-5,11H2,(H,12,16)(H,13,14,15). The Morgan fingerprint density at radius 3 is 3.06 bits per heavy atom. The number of aromatic nitrogens is 3. The summed E-state index contributed by atoms with van der Waals surface area (Å²) >= 11 is 0. The highest BCUT2D eigenvalue weighted by Crippen LogP contribution is 2.22. The SMILES string of the molecule is NC1CCCCC1C(=O)NCc1ncn[nH]1. The van der Waals surface area contributed by atoms with Crippen molar-refractivity contribution in [2.24, 2.45) is 11.7 Å². The molecule has 0 bridgehead atoms. The van der Waals surface area contributed by atoms with E-state index in [2.05, 4.69) is 20.5 Å². The van der Waals surface area contributed by atoms with Gasteiger partial charge in [-0.1, -0.05) is 12.8 Å². The van der Waals surface area contributed by atoms with Gasteiger partial charge in [-0.3, -0.25) is 9.89 Å². The maximum absolute atomic E-state index is 11.9. The monoisotopic (exact) mass is 223 g/mol. The Kier molecular flexibility index (Phi) is 3.51. The van der Waals surface area contributed by atoms with E-state index < -0.39 is 0 Å². The summed E-state index contributed by atoms with van der Waals surface area (Å²) in [5.74, 6) is 0.651. The lowest BCUT2D eigenvalue weighted by atomic mass is 9.84. The first-order valence-corrected chi connectivity index (χ1v) is 5.65. The van der Waals surface area contributed by atoms with Crippen molar-refractivity contribution in [1.29, 1.82) is 0 Å². The first kappa shape index (κ1) is 11.1. The molecule has 1 fully saturated rings. The fraction of sp³-hybridized carbons (Fsp3) is 0.700. The lowest BCUT2D eigenvalue weighted by molar-refractivity contribution is -0.126. The Morgan fingerprint density at radius 2 is 2.38 bits per heavy atom. The second-order valence-corrected chi connectivity index (χ2v) is 4.20. The van der Waals surface area contributed by atoms with Crippen molar-refractivity contribution in [1.82, 2.24) is 20.5 Å². The van der Waals surface area contributed by atoms with Crippen molar-refractivity contribution in [3.05, 3.63) is 12.2 Å². The first-order chi connectivity index (χ1) is 7.77. The fourth-order valence-electron chi connectivity index (χ4n) is 2.10. The molecule has 0 aliphatic heterocycles. The molecule has 6 heteroatoms. The Morgan fingerprint density at radius 1 is 1.56 bits per heavy atom. The van der Waals surface area contributed by atoms with Crippen LogP contribution in [0.2, 0.25) is 0 Å². The molecule has 1 amide bonds. The van der Waals surface area contributed by atoms with Crippen LogP contribution in [0, 0.1) is 5.92 Å². The van der Waals surface area contributed by atoms with Crippen LogP contribution in [0.25, 0.3) is 0 Å². The molecule has 4 N–H and O–H groups in total. The van der Waals surface area contributed by atoms with Crippen LogP contribution in [-0.2, 0) is 11.3 Å². The second-order valence-electron chi connectivity index (χ2n) is 4.20. The third-order valence-corrected chi connectivity index (χ3v) is 3.05. The summed E-state index contributed by atoms with van der Waals surface area (Å²) in [5.41, 5.74) is 5.93. The van der Waals surface area contributed by atoms with E-state index in [1.807, 2.05) is 0 Å². The van der Waals surface area contributed by atoms with Gasteiger partial charge in [0.2, 0.25) is 5.91 Å². The number of H-pyrrole nitrogens is 1. The van der Waals surface area contributed by atoms with E-state index >= 15 is 0 Å². The summed E-state index contributed by atoms with van der Waals surface area (Å²) in [6.07, 6.45) is 5.48. The molecule has 1 aliphatic rings. The predicted molar refractivity (Wildman–Crippen MR) is 58.2 cm³/mol. The van der Waals surface area contributed by atoms with E-state index in [1.54, 1.807) is 0 Å². The van der Waals surface area contributed by atoms with Crippen molar-refractivity contribution < 1.29 is 4.79 Å². The van der Waals surface area contributed by atoms with Crippen LogP contribution >= 0.6 is 0 Å². The Bertz CT molecular complexity index is 337. The molecule has 2 rings (SSSR count). The number of hydrogen-bond acceptors (Lipinski definition) is 4. The molecule has 0 saturated heterocycles. The van der Waals surface area contributed by atoms with Crippen LogP contribution < -0.4 is 11.1 Å². The molecule has 0 spiro atoms. The summed E-state index contributed by atoms with van der Waals surface area (Å²) < 4.78 is 0. The number of nitrogens with two attached hydrogens (primary N) is 1. The molecular weight excluding hydrogens is 206 g/mol. The molecule has 1 saturated carbocycles. The third kappa shape index (κ3) is 2.57. The van der Waals surface area contributed by atoms with Crippen LogP contribution in [0.4, 0.5) is 0 Å². The number of aromatic amines is 1.